The van der Waals surface area contributed by atoms with E-state index in [4.69, 9.17) is 52.8 Å². The molecule has 388 valence electrons. The van der Waals surface area contributed by atoms with E-state index in [1.807, 2.05) is 46.0 Å². The molecule has 1 amide bonds. The van der Waals surface area contributed by atoms with Gasteiger partial charge in [0.1, 0.15) is 49.5 Å². The molecule has 10 atom stereocenters. The summed E-state index contributed by atoms with van der Waals surface area (Å²) in [6.07, 6.45) is -4.03. The van der Waals surface area contributed by atoms with Crippen molar-refractivity contribution in [1.29, 1.82) is 10.5 Å². The lowest BCUT2D eigenvalue weighted by Gasteiger charge is -2.41. The number of rotatable bonds is 23. The van der Waals surface area contributed by atoms with Crippen LogP contribution in [0.4, 0.5) is 10.2 Å². The fourth-order valence-corrected chi connectivity index (χ4v) is 12.3. The number of aliphatic hydroxyl groups is 1. The fourth-order valence-electron chi connectivity index (χ4n) is 7.57. The second kappa shape index (κ2) is 22.6. The molecule has 0 radical (unpaired) electrons. The average molecular weight is 1080 g/mol. The molecule has 2 saturated heterocycles. The highest BCUT2D eigenvalue weighted by Crippen LogP contribution is 2.57. The number of nitrogens with zero attached hydrogens (tertiary/aromatic N) is 12. The number of hydrogen-bond acceptors (Lipinski definition) is 22. The van der Waals surface area contributed by atoms with Crippen LogP contribution in [0.25, 0.3) is 28.0 Å². The number of imidazole rings is 2. The molecule has 1 aromatic carbocycles. The topological polar surface area (TPSA) is 302 Å². The number of amides is 1. The summed E-state index contributed by atoms with van der Waals surface area (Å²) < 4.78 is 91.8. The molecule has 30 heteroatoms. The number of fused-ring (bicyclic) bond motifs is 4. The Morgan fingerprint density at radius 2 is 1.55 bits per heavy atom. The molecule has 0 spiro atoms. The van der Waals surface area contributed by atoms with Gasteiger partial charge in [0.15, 0.2) is 60.7 Å². The zero-order valence-corrected chi connectivity index (χ0v) is 43.7. The van der Waals surface area contributed by atoms with Gasteiger partial charge in [0, 0.05) is 5.56 Å². The third-order valence-electron chi connectivity index (χ3n) is 12.2. The zero-order chi connectivity index (χ0) is 52.1. The highest BCUT2D eigenvalue weighted by atomic mass is 32.5. The van der Waals surface area contributed by atoms with Gasteiger partial charge in [0.25, 0.3) is 5.91 Å². The number of aromatic nitrogens is 10. The Hall–Kier alpha value is -5.39. The summed E-state index contributed by atoms with van der Waals surface area (Å²) in [4.78, 5) is 39.5. The van der Waals surface area contributed by atoms with Crippen molar-refractivity contribution in [2.24, 2.45) is 0 Å². The molecule has 2 aliphatic rings. The van der Waals surface area contributed by atoms with Gasteiger partial charge in [0.2, 0.25) is 0 Å². The number of nitriles is 2. The number of ether oxygens (including phenoxy) is 2. The third kappa shape index (κ3) is 11.6. The van der Waals surface area contributed by atoms with E-state index in [1.54, 1.807) is 34.9 Å². The van der Waals surface area contributed by atoms with Crippen LogP contribution in [0.1, 0.15) is 56.4 Å². The van der Waals surface area contributed by atoms with E-state index in [0.717, 1.165) is 6.33 Å². The first-order valence-corrected chi connectivity index (χ1v) is 29.6. The predicted molar refractivity (Wildman–Crippen MR) is 262 cm³/mol. The molecule has 2 aliphatic heterocycles. The molecular weight excluding hydrogens is 1030 g/mol. The van der Waals surface area contributed by atoms with Crippen LogP contribution in [0.5, 0.6) is 0 Å². The summed E-state index contributed by atoms with van der Waals surface area (Å²) in [6, 6.07) is 12.2. The molecule has 25 nitrogen and oxygen atoms in total. The van der Waals surface area contributed by atoms with E-state index in [2.05, 4.69) is 46.9 Å². The minimum atomic E-state index is -4.71. The lowest BCUT2D eigenvalue weighted by atomic mass is 10.1. The standard InChI is InChI=1S/C43H52FN13O12P2SSi/c1-7-17-61-70(60,62-18-11-15-45)67-33-29(66-41(30(33)44)55-24-50-31-36(47-22-48-37(31)55)54-40(59)27-13-9-8-10-14-27)21-64-71(72,63-19-12-16-46)68-34-28(20-58)65-42(35(34)69-73(5,6)43(2,3)4)56-25-51-32-38(56)52-26-57-39(32)49-23-53-57/h7-10,13-14,22-26,28-30,33-35,41-42,58H,1,11-12,17-21H2,2-6H3,(H,47,48,54,59)/t28-,29-,30-,33-,34-,35?,41-,42-,70?,71?/m1/s1. The van der Waals surface area contributed by atoms with Crippen molar-refractivity contribution in [3.63, 3.8) is 0 Å². The molecule has 6 aromatic rings. The predicted octanol–water partition coefficient (Wildman–Crippen LogP) is 6.26. The van der Waals surface area contributed by atoms with Crippen molar-refractivity contribution >= 4 is 74.4 Å². The van der Waals surface area contributed by atoms with Crippen LogP contribution in [0.15, 0.2) is 74.6 Å². The van der Waals surface area contributed by atoms with Crippen LogP contribution in [0.3, 0.4) is 0 Å². The summed E-state index contributed by atoms with van der Waals surface area (Å²) in [5.41, 5.74) is 1.65. The smallest absolute Gasteiger partial charge is 0.407 e. The van der Waals surface area contributed by atoms with Crippen LogP contribution in [0, 0.1) is 22.7 Å². The molecule has 3 unspecified atom stereocenters. The van der Waals surface area contributed by atoms with E-state index < -0.39 is 97.7 Å². The van der Waals surface area contributed by atoms with Crippen LogP contribution in [0.2, 0.25) is 18.1 Å². The van der Waals surface area contributed by atoms with Crippen LogP contribution < -0.4 is 5.32 Å². The Morgan fingerprint density at radius 1 is 0.877 bits per heavy atom. The molecule has 73 heavy (non-hydrogen) atoms. The number of phosphoric acid groups is 1. The molecule has 0 bridgehead atoms. The normalized spacial score (nSPS) is 24.1. The first-order chi connectivity index (χ1) is 34.9. The lowest BCUT2D eigenvalue weighted by Crippen LogP contribution is -2.49. The van der Waals surface area contributed by atoms with Crippen molar-refractivity contribution < 1.29 is 59.9 Å². The van der Waals surface area contributed by atoms with Gasteiger partial charge in [-0.2, -0.15) is 15.6 Å². The summed E-state index contributed by atoms with van der Waals surface area (Å²) in [6.45, 7) is 7.25. The van der Waals surface area contributed by atoms with E-state index >= 15 is 4.39 Å². The van der Waals surface area contributed by atoms with Gasteiger partial charge in [-0.05, 0) is 42.1 Å². The van der Waals surface area contributed by atoms with Crippen molar-refractivity contribution in [2.75, 3.05) is 38.4 Å². The molecule has 8 rings (SSSR count). The molecule has 2 fully saturated rings. The lowest BCUT2D eigenvalue weighted by molar-refractivity contribution is -0.0544. The number of anilines is 1. The monoisotopic (exact) mass is 1080 g/mol. The van der Waals surface area contributed by atoms with Crippen molar-refractivity contribution in [3.8, 4) is 12.1 Å². The highest BCUT2D eigenvalue weighted by Gasteiger charge is 2.55. The summed E-state index contributed by atoms with van der Waals surface area (Å²) in [5.74, 6) is -0.480. The number of nitrogens with one attached hydrogen (secondary N) is 1. The third-order valence-corrected chi connectivity index (χ3v) is 20.5. The van der Waals surface area contributed by atoms with Gasteiger partial charge in [0.05, 0.1) is 70.7 Å². The minimum absolute atomic E-state index is 0.0135. The van der Waals surface area contributed by atoms with Gasteiger partial charge in [-0.3, -0.25) is 32.0 Å². The maximum atomic E-state index is 17.4. The maximum Gasteiger partial charge on any atom is 0.475 e. The number of hydrogen-bond donors (Lipinski definition) is 2. The van der Waals surface area contributed by atoms with E-state index in [9.17, 15) is 25.0 Å². The number of alkyl halides is 1. The van der Waals surface area contributed by atoms with Crippen LogP contribution in [-0.4, -0.2) is 138 Å². The van der Waals surface area contributed by atoms with Gasteiger partial charge in [-0.1, -0.05) is 45.0 Å². The first kappa shape index (κ1) is 53.9. The van der Waals surface area contributed by atoms with E-state index in [-0.39, 0.29) is 48.1 Å². The molecular formula is C43H52FN13O12P2SSi. The maximum absolute atomic E-state index is 17.4. The number of halogens is 1. The SMILES string of the molecule is C=CCOP(=O)(OCCC#N)O[C@H]1[C@@H](F)[C@H](n2cnc3c(NC(=O)c4ccccc4)ncnc32)O[C@@H]1COP(=S)(OCCC#N)O[C@H]1C(O[Si](C)(C)C(C)(C)C)[C@H](n2cnc3c2ncn2ncnc32)O[C@@H]1CO. The van der Waals surface area contributed by atoms with Crippen molar-refractivity contribution in [2.45, 2.75) is 101 Å². The van der Waals surface area contributed by atoms with Gasteiger partial charge < -0.3 is 33.4 Å². The Balaban J connectivity index is 1.13. The Kier molecular flexibility index (Phi) is 16.7. The van der Waals surface area contributed by atoms with Gasteiger partial charge in [-0.25, -0.2) is 43.4 Å². The van der Waals surface area contributed by atoms with Gasteiger partial charge in [-0.15, -0.1) is 6.58 Å². The molecule has 7 heterocycles. The highest BCUT2D eigenvalue weighted by molar-refractivity contribution is 8.07. The first-order valence-electron chi connectivity index (χ1n) is 22.7. The fraction of sp³-hybridized carbons (Fsp3) is 0.488. The Morgan fingerprint density at radius 3 is 2.25 bits per heavy atom. The second-order valence-corrected chi connectivity index (χ2v) is 27.3. The van der Waals surface area contributed by atoms with Crippen molar-refractivity contribution in [3.05, 3.63) is 80.2 Å². The van der Waals surface area contributed by atoms with Gasteiger partial charge >= 0.3 is 14.5 Å². The number of aliphatic hydroxyl groups excluding tert-OH is 1. The number of carbonyl (C=O) groups excluding carboxylic acids is 1. The molecule has 2 N–H and O–H groups in total. The number of carbonyl (C=O) groups is 1. The summed E-state index contributed by atoms with van der Waals surface area (Å²) in [5, 5.41) is 36.2. The zero-order valence-electron chi connectivity index (χ0n) is 40.1. The summed E-state index contributed by atoms with van der Waals surface area (Å²) in [7, 11) is -7.46. The number of benzene rings is 1. The summed E-state index contributed by atoms with van der Waals surface area (Å²) >= 11 is 6.08. The minimum Gasteiger partial charge on any atom is -0.407 e. The largest absolute Gasteiger partial charge is 0.475 e. The van der Waals surface area contributed by atoms with E-state index in [0.29, 0.717) is 22.4 Å². The average Bonchev–Trinajstić information content (AvgIpc) is 4.22. The molecule has 0 aliphatic carbocycles. The van der Waals surface area contributed by atoms with Crippen molar-refractivity contribution in [1.82, 2.24) is 48.7 Å². The Bertz CT molecular complexity index is 3120. The Labute approximate surface area is 423 Å². The molecule has 5 aromatic heterocycles. The van der Waals surface area contributed by atoms with Crippen LogP contribution in [-0.2, 0) is 57.4 Å². The van der Waals surface area contributed by atoms with E-state index in [1.165, 1.54) is 40.5 Å². The van der Waals surface area contributed by atoms with Crippen LogP contribution >= 0.6 is 14.5 Å². The molecule has 0 saturated carbocycles. The quantitative estimate of drug-likeness (QED) is 0.0309. The second-order valence-electron chi connectivity index (χ2n) is 18.0. The number of phosphoric ester groups is 1.